The van der Waals surface area contributed by atoms with Gasteiger partial charge in [-0.1, -0.05) is 0 Å². The number of rotatable bonds is 3. The monoisotopic (exact) mass is 350 g/mol. The van der Waals surface area contributed by atoms with Gasteiger partial charge in [0.25, 0.3) is 0 Å². The first kappa shape index (κ1) is 15.1. The number of hydrogen-bond donors (Lipinski definition) is 0. The maximum absolute atomic E-state index is 6.08. The van der Waals surface area contributed by atoms with Crippen molar-refractivity contribution in [3.05, 3.63) is 42.7 Å². The molecular weight excluding hydrogens is 332 g/mol. The van der Waals surface area contributed by atoms with Gasteiger partial charge >= 0.3 is 0 Å². The molecule has 9 heteroatoms. The van der Waals surface area contributed by atoms with Crippen LogP contribution in [0.2, 0.25) is 0 Å². The van der Waals surface area contributed by atoms with E-state index in [0.29, 0.717) is 5.88 Å². The van der Waals surface area contributed by atoms with Crippen molar-refractivity contribution in [2.45, 2.75) is 25.9 Å². The Kier molecular flexibility index (Phi) is 3.44. The summed E-state index contributed by atoms with van der Waals surface area (Å²) in [7, 11) is 0. The van der Waals surface area contributed by atoms with E-state index < -0.39 is 0 Å². The summed E-state index contributed by atoms with van der Waals surface area (Å²) < 4.78 is 9.77. The molecule has 1 aliphatic heterocycles. The van der Waals surface area contributed by atoms with Gasteiger partial charge in [-0.05, 0) is 6.92 Å². The Balaban J connectivity index is 1.29. The zero-order valence-electron chi connectivity index (χ0n) is 14.4. The maximum atomic E-state index is 6.08. The Morgan fingerprint density at radius 2 is 1.96 bits per heavy atom. The molecular formula is C17H18N8O. The number of piperidine rings is 1. The van der Waals surface area contributed by atoms with Gasteiger partial charge in [-0.25, -0.2) is 9.50 Å². The third kappa shape index (κ3) is 2.52. The van der Waals surface area contributed by atoms with Crippen molar-refractivity contribution >= 4 is 17.1 Å². The molecule has 0 aromatic carbocycles. The van der Waals surface area contributed by atoms with Crippen LogP contribution in [0.5, 0.6) is 5.88 Å². The van der Waals surface area contributed by atoms with E-state index in [-0.39, 0.29) is 6.10 Å². The molecule has 4 aromatic heterocycles. The highest BCUT2D eigenvalue weighted by Gasteiger charge is 2.24. The van der Waals surface area contributed by atoms with Crippen molar-refractivity contribution in [3.8, 4) is 5.88 Å². The summed E-state index contributed by atoms with van der Waals surface area (Å²) in [5, 5.41) is 12.6. The molecule has 1 saturated heterocycles. The van der Waals surface area contributed by atoms with E-state index in [0.717, 1.165) is 48.9 Å². The minimum Gasteiger partial charge on any atom is -0.474 e. The van der Waals surface area contributed by atoms with Crippen LogP contribution in [-0.4, -0.2) is 53.4 Å². The van der Waals surface area contributed by atoms with Gasteiger partial charge in [-0.2, -0.15) is 10.1 Å². The summed E-state index contributed by atoms with van der Waals surface area (Å²) in [6.07, 6.45) is 9.23. The Labute approximate surface area is 149 Å². The summed E-state index contributed by atoms with van der Waals surface area (Å²) in [5.41, 5.74) is 1.59. The first-order valence-corrected chi connectivity index (χ1v) is 8.66. The first-order chi connectivity index (χ1) is 12.8. The molecule has 4 aromatic rings. The molecule has 0 spiro atoms. The average Bonchev–Trinajstić information content (AvgIpc) is 3.29. The van der Waals surface area contributed by atoms with E-state index in [1.54, 1.807) is 16.9 Å². The van der Waals surface area contributed by atoms with Crippen LogP contribution >= 0.6 is 0 Å². The molecule has 132 valence electrons. The fourth-order valence-electron chi connectivity index (χ4n) is 3.37. The van der Waals surface area contributed by atoms with Crippen LogP contribution in [0.4, 0.5) is 5.82 Å². The zero-order chi connectivity index (χ0) is 17.5. The van der Waals surface area contributed by atoms with Crippen molar-refractivity contribution in [2.24, 2.45) is 0 Å². The van der Waals surface area contributed by atoms with Crippen LogP contribution in [0.15, 0.2) is 36.9 Å². The van der Waals surface area contributed by atoms with E-state index in [9.17, 15) is 0 Å². The Hall–Kier alpha value is -3.23. The Morgan fingerprint density at radius 3 is 2.85 bits per heavy atom. The van der Waals surface area contributed by atoms with Gasteiger partial charge < -0.3 is 9.64 Å². The Bertz CT molecular complexity index is 1060. The summed E-state index contributed by atoms with van der Waals surface area (Å²) in [6, 6.07) is 3.72. The van der Waals surface area contributed by atoms with Crippen molar-refractivity contribution in [2.75, 3.05) is 18.0 Å². The molecule has 0 atom stereocenters. The third-order valence-electron chi connectivity index (χ3n) is 4.74. The highest BCUT2D eigenvalue weighted by molar-refractivity contribution is 5.63. The number of nitrogens with zero attached hydrogens (tertiary/aromatic N) is 8. The molecule has 9 nitrogen and oxygen atoms in total. The highest BCUT2D eigenvalue weighted by atomic mass is 16.5. The second-order valence-electron chi connectivity index (χ2n) is 6.40. The summed E-state index contributed by atoms with van der Waals surface area (Å²) in [6.45, 7) is 3.66. The van der Waals surface area contributed by atoms with Gasteiger partial charge in [-0.15, -0.1) is 10.2 Å². The largest absolute Gasteiger partial charge is 0.474 e. The quantitative estimate of drug-likeness (QED) is 0.554. The summed E-state index contributed by atoms with van der Waals surface area (Å²) in [4.78, 5) is 11.2. The topological polar surface area (TPSA) is 85.7 Å². The van der Waals surface area contributed by atoms with E-state index in [4.69, 9.17) is 4.74 Å². The van der Waals surface area contributed by atoms with Gasteiger partial charge in [0.05, 0.1) is 6.20 Å². The number of ether oxygens (including phenoxy) is 1. The number of fused-ring (bicyclic) bond motifs is 2. The smallest absolute Gasteiger partial charge is 0.217 e. The lowest BCUT2D eigenvalue weighted by Gasteiger charge is -2.32. The molecule has 0 bridgehead atoms. The standard InChI is InChI=1S/C17H18N8O/c1-12-21-22-17-16(18-7-11-24(12)17)23-8-3-13(4-9-23)26-15-5-10-25-14(20-15)2-6-19-25/h2,5-7,10-11,13H,3-4,8-9H2,1H3. The van der Waals surface area contributed by atoms with Crippen LogP contribution < -0.4 is 9.64 Å². The minimum absolute atomic E-state index is 0.142. The molecule has 0 saturated carbocycles. The zero-order valence-corrected chi connectivity index (χ0v) is 14.4. The van der Waals surface area contributed by atoms with E-state index in [1.807, 2.05) is 35.9 Å². The fourth-order valence-corrected chi connectivity index (χ4v) is 3.37. The van der Waals surface area contributed by atoms with Gasteiger partial charge in [0, 0.05) is 56.7 Å². The van der Waals surface area contributed by atoms with Crippen LogP contribution in [0.25, 0.3) is 11.3 Å². The lowest BCUT2D eigenvalue weighted by atomic mass is 10.1. The highest BCUT2D eigenvalue weighted by Crippen LogP contribution is 2.24. The first-order valence-electron chi connectivity index (χ1n) is 8.66. The fraction of sp³-hybridized carbons (Fsp3) is 0.353. The number of hydrogen-bond acceptors (Lipinski definition) is 7. The molecule has 1 aliphatic rings. The van der Waals surface area contributed by atoms with Crippen LogP contribution in [0, 0.1) is 6.92 Å². The molecule has 0 amide bonds. The number of aromatic nitrogens is 7. The minimum atomic E-state index is 0.142. The van der Waals surface area contributed by atoms with E-state index in [1.165, 1.54) is 0 Å². The van der Waals surface area contributed by atoms with Crippen molar-refractivity contribution in [3.63, 3.8) is 0 Å². The van der Waals surface area contributed by atoms with Crippen LogP contribution in [0.3, 0.4) is 0 Å². The number of aryl methyl sites for hydroxylation is 1. The lowest BCUT2D eigenvalue weighted by Crippen LogP contribution is -2.39. The molecule has 5 heterocycles. The molecule has 0 aliphatic carbocycles. The summed E-state index contributed by atoms with van der Waals surface area (Å²) >= 11 is 0. The molecule has 26 heavy (non-hydrogen) atoms. The molecule has 5 rings (SSSR count). The third-order valence-corrected chi connectivity index (χ3v) is 4.74. The molecule has 0 radical (unpaired) electrons. The van der Waals surface area contributed by atoms with Gasteiger partial charge in [0.15, 0.2) is 11.5 Å². The number of anilines is 1. The molecule has 0 unspecified atom stereocenters. The predicted octanol–water partition coefficient (Wildman–Crippen LogP) is 1.52. The van der Waals surface area contributed by atoms with Crippen molar-refractivity contribution in [1.82, 2.24) is 34.2 Å². The summed E-state index contributed by atoms with van der Waals surface area (Å²) in [5.74, 6) is 2.39. The average molecular weight is 350 g/mol. The molecule has 1 fully saturated rings. The maximum Gasteiger partial charge on any atom is 0.217 e. The normalized spacial score (nSPS) is 15.8. The Morgan fingerprint density at radius 1 is 1.08 bits per heavy atom. The van der Waals surface area contributed by atoms with Crippen molar-refractivity contribution in [1.29, 1.82) is 0 Å². The van der Waals surface area contributed by atoms with Crippen LogP contribution in [0.1, 0.15) is 18.7 Å². The second-order valence-corrected chi connectivity index (χ2v) is 6.40. The van der Waals surface area contributed by atoms with Gasteiger partial charge in [-0.3, -0.25) is 4.40 Å². The predicted molar refractivity (Wildman–Crippen MR) is 94.4 cm³/mol. The van der Waals surface area contributed by atoms with E-state index >= 15 is 0 Å². The van der Waals surface area contributed by atoms with Crippen LogP contribution in [-0.2, 0) is 0 Å². The van der Waals surface area contributed by atoms with Gasteiger partial charge in [0.2, 0.25) is 11.5 Å². The van der Waals surface area contributed by atoms with Gasteiger partial charge in [0.1, 0.15) is 11.9 Å². The second kappa shape index (κ2) is 5.94. The van der Waals surface area contributed by atoms with E-state index in [2.05, 4.69) is 30.2 Å². The lowest BCUT2D eigenvalue weighted by molar-refractivity contribution is 0.164. The molecule has 0 N–H and O–H groups in total. The van der Waals surface area contributed by atoms with Crippen molar-refractivity contribution < 1.29 is 4.74 Å². The SMILES string of the molecule is Cc1nnc2c(N3CCC(Oc4ccn5nccc5n4)CC3)nccn12.